The van der Waals surface area contributed by atoms with E-state index in [4.69, 9.17) is 0 Å². The molecule has 4 aromatic carbocycles. The van der Waals surface area contributed by atoms with E-state index in [9.17, 15) is 5.11 Å². The molecule has 4 rings (SSSR count). The zero-order valence-corrected chi connectivity index (χ0v) is 13.5. The van der Waals surface area contributed by atoms with Crippen molar-refractivity contribution in [3.8, 4) is 0 Å². The molecule has 0 aliphatic rings. The third kappa shape index (κ3) is 3.04. The predicted molar refractivity (Wildman–Crippen MR) is 101 cm³/mol. The van der Waals surface area contributed by atoms with E-state index in [0.717, 1.165) is 18.4 Å². The van der Waals surface area contributed by atoms with E-state index in [0.29, 0.717) is 0 Å². The maximum Gasteiger partial charge on any atom is 0.0793 e. The Balaban J connectivity index is 1.50. The van der Waals surface area contributed by atoms with Crippen LogP contribution in [-0.2, 0) is 6.42 Å². The standard InChI is InChI=1S/C23H20O/c24-23(22-13-12-19-6-2-4-8-21(19)16-22)14-10-17-9-11-18-5-1-3-7-20(18)15-17/h1-9,11-13,15-16,23-24H,10,14H2. The van der Waals surface area contributed by atoms with Crippen molar-refractivity contribution in [2.75, 3.05) is 0 Å². The third-order valence-corrected chi connectivity index (χ3v) is 4.68. The first-order chi connectivity index (χ1) is 11.8. The second kappa shape index (κ2) is 6.46. The highest BCUT2D eigenvalue weighted by atomic mass is 16.3. The number of fused-ring (bicyclic) bond motifs is 2. The number of aliphatic hydroxyl groups is 1. The minimum atomic E-state index is -0.430. The van der Waals surface area contributed by atoms with Gasteiger partial charge in [-0.05, 0) is 51.6 Å². The summed E-state index contributed by atoms with van der Waals surface area (Å²) < 4.78 is 0. The molecule has 0 bridgehead atoms. The highest BCUT2D eigenvalue weighted by molar-refractivity contribution is 5.83. The second-order valence-electron chi connectivity index (χ2n) is 6.34. The van der Waals surface area contributed by atoms with E-state index in [1.165, 1.54) is 27.1 Å². The summed E-state index contributed by atoms with van der Waals surface area (Å²) in [5.41, 5.74) is 2.27. The molecule has 1 nitrogen and oxygen atoms in total. The Morgan fingerprint density at radius 1 is 0.625 bits per heavy atom. The van der Waals surface area contributed by atoms with E-state index in [1.54, 1.807) is 0 Å². The van der Waals surface area contributed by atoms with Crippen molar-refractivity contribution in [1.82, 2.24) is 0 Å². The molecule has 0 aromatic heterocycles. The van der Waals surface area contributed by atoms with Crippen LogP contribution in [0.25, 0.3) is 21.5 Å². The van der Waals surface area contributed by atoms with Gasteiger partial charge in [0.25, 0.3) is 0 Å². The van der Waals surface area contributed by atoms with Gasteiger partial charge in [-0.2, -0.15) is 0 Å². The van der Waals surface area contributed by atoms with Crippen LogP contribution in [0, 0.1) is 0 Å². The monoisotopic (exact) mass is 312 g/mol. The normalized spacial score (nSPS) is 12.5. The Bertz CT molecular complexity index is 987. The van der Waals surface area contributed by atoms with Gasteiger partial charge in [0.1, 0.15) is 0 Å². The maximum atomic E-state index is 10.6. The molecule has 1 N–H and O–H groups in total. The fraction of sp³-hybridized carbons (Fsp3) is 0.130. The Labute approximate surface area is 142 Å². The first-order valence-electron chi connectivity index (χ1n) is 8.44. The topological polar surface area (TPSA) is 20.2 Å². The van der Waals surface area contributed by atoms with Gasteiger partial charge < -0.3 is 5.11 Å². The largest absolute Gasteiger partial charge is 0.388 e. The SMILES string of the molecule is OC(CCc1ccc2ccccc2c1)c1ccc2ccccc2c1. The zero-order chi connectivity index (χ0) is 16.4. The number of hydrogen-bond donors (Lipinski definition) is 1. The maximum absolute atomic E-state index is 10.6. The first kappa shape index (κ1) is 14.9. The summed E-state index contributed by atoms with van der Waals surface area (Å²) in [6.07, 6.45) is 1.18. The molecule has 0 aliphatic heterocycles. The number of hydrogen-bond acceptors (Lipinski definition) is 1. The van der Waals surface area contributed by atoms with Crippen LogP contribution >= 0.6 is 0 Å². The van der Waals surface area contributed by atoms with Crippen molar-refractivity contribution in [2.24, 2.45) is 0 Å². The quantitative estimate of drug-likeness (QED) is 0.515. The Morgan fingerprint density at radius 3 is 1.92 bits per heavy atom. The zero-order valence-electron chi connectivity index (χ0n) is 13.5. The molecule has 1 atom stereocenters. The Morgan fingerprint density at radius 2 is 1.21 bits per heavy atom. The highest BCUT2D eigenvalue weighted by Crippen LogP contribution is 2.24. The molecule has 0 radical (unpaired) electrons. The minimum absolute atomic E-state index is 0.430. The molecule has 4 aromatic rings. The molecule has 118 valence electrons. The molecular formula is C23H20O. The molecule has 0 fully saturated rings. The van der Waals surface area contributed by atoms with Gasteiger partial charge in [-0.25, -0.2) is 0 Å². The van der Waals surface area contributed by atoms with Crippen LogP contribution in [0.15, 0.2) is 84.9 Å². The van der Waals surface area contributed by atoms with E-state index in [1.807, 2.05) is 18.2 Å². The van der Waals surface area contributed by atoms with Gasteiger partial charge in [0.15, 0.2) is 0 Å². The summed E-state index contributed by atoms with van der Waals surface area (Å²) in [4.78, 5) is 0. The van der Waals surface area contributed by atoms with Crippen LogP contribution in [0.3, 0.4) is 0 Å². The molecule has 24 heavy (non-hydrogen) atoms. The van der Waals surface area contributed by atoms with Crippen LogP contribution in [0.4, 0.5) is 0 Å². The highest BCUT2D eigenvalue weighted by Gasteiger charge is 2.09. The predicted octanol–water partition coefficient (Wildman–Crippen LogP) is 5.66. The average molecular weight is 312 g/mol. The van der Waals surface area contributed by atoms with Crippen LogP contribution in [0.2, 0.25) is 0 Å². The summed E-state index contributed by atoms with van der Waals surface area (Å²) in [6, 6.07) is 29.4. The molecule has 0 heterocycles. The van der Waals surface area contributed by atoms with Crippen molar-refractivity contribution in [3.63, 3.8) is 0 Å². The molecule has 0 spiro atoms. The summed E-state index contributed by atoms with van der Waals surface area (Å²) in [5.74, 6) is 0. The van der Waals surface area contributed by atoms with Gasteiger partial charge >= 0.3 is 0 Å². The molecule has 0 amide bonds. The average Bonchev–Trinajstić information content (AvgIpc) is 2.65. The van der Waals surface area contributed by atoms with E-state index in [2.05, 4.69) is 66.7 Å². The second-order valence-corrected chi connectivity index (χ2v) is 6.34. The fourth-order valence-electron chi connectivity index (χ4n) is 3.28. The smallest absolute Gasteiger partial charge is 0.0793 e. The van der Waals surface area contributed by atoms with Crippen LogP contribution in [0.1, 0.15) is 23.7 Å². The van der Waals surface area contributed by atoms with E-state index >= 15 is 0 Å². The van der Waals surface area contributed by atoms with Crippen LogP contribution in [-0.4, -0.2) is 5.11 Å². The number of benzene rings is 4. The molecule has 0 aliphatic carbocycles. The van der Waals surface area contributed by atoms with Crippen molar-refractivity contribution in [2.45, 2.75) is 18.9 Å². The lowest BCUT2D eigenvalue weighted by molar-refractivity contribution is 0.168. The lowest BCUT2D eigenvalue weighted by Gasteiger charge is -2.12. The van der Waals surface area contributed by atoms with E-state index in [-0.39, 0.29) is 0 Å². The minimum Gasteiger partial charge on any atom is -0.388 e. The summed E-state index contributed by atoms with van der Waals surface area (Å²) in [7, 11) is 0. The van der Waals surface area contributed by atoms with Crippen molar-refractivity contribution >= 4 is 21.5 Å². The van der Waals surface area contributed by atoms with Gasteiger partial charge in [-0.15, -0.1) is 0 Å². The third-order valence-electron chi connectivity index (χ3n) is 4.68. The van der Waals surface area contributed by atoms with Crippen LogP contribution < -0.4 is 0 Å². The van der Waals surface area contributed by atoms with Crippen LogP contribution in [0.5, 0.6) is 0 Å². The van der Waals surface area contributed by atoms with Gasteiger partial charge in [0.05, 0.1) is 6.10 Å². The van der Waals surface area contributed by atoms with Crippen molar-refractivity contribution in [3.05, 3.63) is 96.1 Å². The lowest BCUT2D eigenvalue weighted by atomic mass is 9.97. The van der Waals surface area contributed by atoms with Gasteiger partial charge in [-0.1, -0.05) is 78.9 Å². The lowest BCUT2D eigenvalue weighted by Crippen LogP contribution is -1.99. The van der Waals surface area contributed by atoms with Crippen molar-refractivity contribution in [1.29, 1.82) is 0 Å². The van der Waals surface area contributed by atoms with Gasteiger partial charge in [0, 0.05) is 0 Å². The van der Waals surface area contributed by atoms with Gasteiger partial charge in [0.2, 0.25) is 0 Å². The Kier molecular flexibility index (Phi) is 4.02. The fourth-order valence-corrected chi connectivity index (χ4v) is 3.28. The molecular weight excluding hydrogens is 292 g/mol. The molecule has 0 saturated heterocycles. The summed E-state index contributed by atoms with van der Waals surface area (Å²) >= 11 is 0. The summed E-state index contributed by atoms with van der Waals surface area (Å²) in [6.45, 7) is 0. The molecule has 0 saturated carbocycles. The van der Waals surface area contributed by atoms with Gasteiger partial charge in [-0.3, -0.25) is 0 Å². The number of rotatable bonds is 4. The summed E-state index contributed by atoms with van der Waals surface area (Å²) in [5, 5.41) is 15.5. The van der Waals surface area contributed by atoms with E-state index < -0.39 is 6.10 Å². The molecule has 1 unspecified atom stereocenters. The first-order valence-corrected chi connectivity index (χ1v) is 8.44. The molecule has 1 heteroatoms. The Hall–Kier alpha value is -2.64. The number of aliphatic hydroxyl groups excluding tert-OH is 1. The number of aryl methyl sites for hydroxylation is 1. The van der Waals surface area contributed by atoms with Crippen molar-refractivity contribution < 1.29 is 5.11 Å².